The van der Waals surface area contributed by atoms with Gasteiger partial charge in [0, 0.05) is 10.4 Å². The van der Waals surface area contributed by atoms with Crippen molar-refractivity contribution in [2.75, 3.05) is 0 Å². The lowest BCUT2D eigenvalue weighted by atomic mass is 10.1. The van der Waals surface area contributed by atoms with E-state index in [4.69, 9.17) is 5.26 Å². The fourth-order valence-electron chi connectivity index (χ4n) is 1.51. The van der Waals surface area contributed by atoms with Crippen LogP contribution in [0.3, 0.4) is 0 Å². The highest BCUT2D eigenvalue weighted by Crippen LogP contribution is 2.24. The number of hydrogen-bond acceptors (Lipinski definition) is 2. The summed E-state index contributed by atoms with van der Waals surface area (Å²) in [6.07, 6.45) is 1.73. The fraction of sp³-hybridized carbons (Fsp3) is 0.0714. The van der Waals surface area contributed by atoms with E-state index in [0.29, 0.717) is 11.1 Å². The molecule has 0 N–H and O–H groups in total. The molecule has 0 unspecified atom stereocenters. The first-order chi connectivity index (χ1) is 8.22. The summed E-state index contributed by atoms with van der Waals surface area (Å²) in [6, 6.07) is 10.4. The van der Waals surface area contributed by atoms with Gasteiger partial charge in [0.15, 0.2) is 0 Å². The first-order valence-electron chi connectivity index (χ1n) is 5.13. The van der Waals surface area contributed by atoms with E-state index in [0.717, 1.165) is 10.4 Å². The van der Waals surface area contributed by atoms with Crippen molar-refractivity contribution < 1.29 is 4.39 Å². The lowest BCUT2D eigenvalue weighted by molar-refractivity contribution is 0.624. The van der Waals surface area contributed by atoms with E-state index in [9.17, 15) is 4.39 Å². The molecule has 17 heavy (non-hydrogen) atoms. The number of benzene rings is 1. The van der Waals surface area contributed by atoms with Crippen molar-refractivity contribution in [3.8, 4) is 6.07 Å². The van der Waals surface area contributed by atoms with Gasteiger partial charge in [-0.05, 0) is 36.1 Å². The molecular weight excluding hydrogens is 233 g/mol. The molecule has 1 aromatic heterocycles. The highest BCUT2D eigenvalue weighted by molar-refractivity contribution is 7.11. The molecule has 2 aromatic rings. The molecule has 0 spiro atoms. The molecule has 0 aliphatic carbocycles. The first kappa shape index (κ1) is 11.6. The van der Waals surface area contributed by atoms with E-state index in [1.54, 1.807) is 35.6 Å². The zero-order chi connectivity index (χ0) is 12.3. The van der Waals surface area contributed by atoms with Gasteiger partial charge in [-0.25, -0.2) is 4.39 Å². The van der Waals surface area contributed by atoms with Crippen LogP contribution in [-0.2, 0) is 0 Å². The fourth-order valence-corrected chi connectivity index (χ4v) is 2.37. The number of halogens is 1. The minimum absolute atomic E-state index is 0.350. The zero-order valence-electron chi connectivity index (χ0n) is 9.27. The van der Waals surface area contributed by atoms with E-state index in [-0.39, 0.29) is 5.82 Å². The Bertz CT molecular complexity index is 605. The van der Waals surface area contributed by atoms with Gasteiger partial charge in [0.05, 0.1) is 11.6 Å². The molecule has 0 fully saturated rings. The summed E-state index contributed by atoms with van der Waals surface area (Å²) in [6.45, 7) is 1.97. The maximum absolute atomic E-state index is 13.6. The average molecular weight is 243 g/mol. The normalized spacial score (nSPS) is 11.2. The molecular formula is C14H10FNS. The van der Waals surface area contributed by atoms with Crippen LogP contribution in [0.2, 0.25) is 0 Å². The van der Waals surface area contributed by atoms with Crippen LogP contribution < -0.4 is 0 Å². The van der Waals surface area contributed by atoms with Gasteiger partial charge in [0.25, 0.3) is 0 Å². The van der Waals surface area contributed by atoms with E-state index < -0.39 is 0 Å². The van der Waals surface area contributed by atoms with Gasteiger partial charge in [-0.15, -0.1) is 11.3 Å². The molecule has 84 valence electrons. The summed E-state index contributed by atoms with van der Waals surface area (Å²) in [5.41, 5.74) is 1.80. The van der Waals surface area contributed by atoms with Crippen molar-refractivity contribution >= 4 is 23.0 Å². The minimum atomic E-state index is -0.366. The van der Waals surface area contributed by atoms with Gasteiger partial charge < -0.3 is 0 Å². The minimum Gasteiger partial charge on any atom is -0.206 e. The second-order valence-corrected chi connectivity index (χ2v) is 4.57. The summed E-state index contributed by atoms with van der Waals surface area (Å²) < 4.78 is 13.6. The highest BCUT2D eigenvalue weighted by Gasteiger charge is 2.07. The predicted molar refractivity (Wildman–Crippen MR) is 68.9 cm³/mol. The van der Waals surface area contributed by atoms with Crippen LogP contribution in [0.25, 0.3) is 11.6 Å². The Morgan fingerprint density at radius 2 is 2.12 bits per heavy atom. The molecule has 1 aromatic carbocycles. The number of hydrogen-bond donors (Lipinski definition) is 0. The van der Waals surface area contributed by atoms with Gasteiger partial charge in [-0.3, -0.25) is 0 Å². The second-order valence-electron chi connectivity index (χ2n) is 3.62. The molecule has 0 atom stereocenters. The molecule has 0 saturated carbocycles. The SMILES string of the molecule is Cc1ccsc1/C=C(/C#N)c1ccccc1F. The maximum atomic E-state index is 13.6. The van der Waals surface area contributed by atoms with Crippen LogP contribution in [0.1, 0.15) is 16.0 Å². The summed E-state index contributed by atoms with van der Waals surface area (Å²) >= 11 is 1.54. The van der Waals surface area contributed by atoms with Gasteiger partial charge in [-0.1, -0.05) is 18.2 Å². The smallest absolute Gasteiger partial charge is 0.131 e. The van der Waals surface area contributed by atoms with Crippen molar-refractivity contribution in [3.05, 3.63) is 57.5 Å². The molecule has 1 heterocycles. The number of thiophene rings is 1. The van der Waals surface area contributed by atoms with Gasteiger partial charge in [0.2, 0.25) is 0 Å². The number of rotatable bonds is 2. The number of nitrogens with zero attached hydrogens (tertiary/aromatic N) is 1. The van der Waals surface area contributed by atoms with E-state index in [1.807, 2.05) is 18.4 Å². The predicted octanol–water partition coefficient (Wildman–Crippen LogP) is 4.26. The Morgan fingerprint density at radius 1 is 1.35 bits per heavy atom. The summed E-state index contributed by atoms with van der Waals surface area (Å²) in [4.78, 5) is 0.991. The standard InChI is InChI=1S/C14H10FNS/c1-10-6-7-17-14(10)8-11(9-16)12-4-2-3-5-13(12)15/h2-8H,1H3/b11-8-. The molecule has 0 radical (unpaired) electrons. The molecule has 0 saturated heterocycles. The number of nitriles is 1. The Kier molecular flexibility index (Phi) is 3.36. The highest BCUT2D eigenvalue weighted by atomic mass is 32.1. The lowest BCUT2D eigenvalue weighted by Gasteiger charge is -2.00. The third kappa shape index (κ3) is 2.43. The molecule has 0 amide bonds. The van der Waals surface area contributed by atoms with E-state index in [2.05, 4.69) is 6.07 Å². The second kappa shape index (κ2) is 4.94. The van der Waals surface area contributed by atoms with E-state index >= 15 is 0 Å². The van der Waals surface area contributed by atoms with Gasteiger partial charge >= 0.3 is 0 Å². The molecule has 1 nitrogen and oxygen atoms in total. The summed E-state index contributed by atoms with van der Waals surface area (Å²) in [5, 5.41) is 11.1. The third-order valence-electron chi connectivity index (χ3n) is 2.46. The van der Waals surface area contributed by atoms with E-state index in [1.165, 1.54) is 6.07 Å². The molecule has 0 aliphatic heterocycles. The lowest BCUT2D eigenvalue weighted by Crippen LogP contribution is -1.87. The Labute approximate surface area is 103 Å². The Hall–Kier alpha value is -1.92. The van der Waals surface area contributed by atoms with Crippen LogP contribution in [-0.4, -0.2) is 0 Å². The van der Waals surface area contributed by atoms with Crippen LogP contribution in [0, 0.1) is 24.1 Å². The van der Waals surface area contributed by atoms with Gasteiger partial charge in [0.1, 0.15) is 5.82 Å². The largest absolute Gasteiger partial charge is 0.206 e. The Balaban J connectivity index is 2.49. The van der Waals surface area contributed by atoms with Gasteiger partial charge in [-0.2, -0.15) is 5.26 Å². The molecule has 0 bridgehead atoms. The molecule has 3 heteroatoms. The quantitative estimate of drug-likeness (QED) is 0.723. The van der Waals surface area contributed by atoms with Crippen molar-refractivity contribution in [2.45, 2.75) is 6.92 Å². The maximum Gasteiger partial charge on any atom is 0.131 e. The van der Waals surface area contributed by atoms with Crippen molar-refractivity contribution in [1.29, 1.82) is 5.26 Å². The average Bonchev–Trinajstić information content (AvgIpc) is 2.73. The van der Waals surface area contributed by atoms with Crippen molar-refractivity contribution in [2.24, 2.45) is 0 Å². The van der Waals surface area contributed by atoms with Crippen LogP contribution in [0.15, 0.2) is 35.7 Å². The summed E-state index contributed by atoms with van der Waals surface area (Å²) in [5.74, 6) is -0.366. The molecule has 0 aliphatic rings. The first-order valence-corrected chi connectivity index (χ1v) is 6.01. The van der Waals surface area contributed by atoms with Crippen molar-refractivity contribution in [3.63, 3.8) is 0 Å². The number of aryl methyl sites for hydroxylation is 1. The monoisotopic (exact) mass is 243 g/mol. The summed E-state index contributed by atoms with van der Waals surface area (Å²) in [7, 11) is 0. The number of allylic oxidation sites excluding steroid dienone is 1. The van der Waals surface area contributed by atoms with Crippen LogP contribution >= 0.6 is 11.3 Å². The van der Waals surface area contributed by atoms with Crippen LogP contribution in [0.4, 0.5) is 4.39 Å². The topological polar surface area (TPSA) is 23.8 Å². The molecule has 2 rings (SSSR count). The van der Waals surface area contributed by atoms with Crippen molar-refractivity contribution in [1.82, 2.24) is 0 Å². The Morgan fingerprint density at radius 3 is 2.71 bits per heavy atom. The third-order valence-corrected chi connectivity index (χ3v) is 3.43. The zero-order valence-corrected chi connectivity index (χ0v) is 10.1. The van der Waals surface area contributed by atoms with Crippen LogP contribution in [0.5, 0.6) is 0 Å².